The van der Waals surface area contributed by atoms with E-state index in [9.17, 15) is 14.4 Å². The van der Waals surface area contributed by atoms with Crippen LogP contribution in [0.3, 0.4) is 0 Å². The Morgan fingerprint density at radius 2 is 1.48 bits per heavy atom. The SMILES string of the molecule is Cc1ccc(Cn2c(=O)c(=O)n(CCC(=O)NCCN3CCCCC3)c3ccccc32)cc1. The molecule has 0 atom stereocenters. The van der Waals surface area contributed by atoms with Gasteiger partial charge in [-0.15, -0.1) is 0 Å². The summed E-state index contributed by atoms with van der Waals surface area (Å²) in [6.45, 7) is 6.15. The van der Waals surface area contributed by atoms with Crippen molar-refractivity contribution in [2.75, 3.05) is 26.2 Å². The Morgan fingerprint density at radius 1 is 0.848 bits per heavy atom. The van der Waals surface area contributed by atoms with E-state index >= 15 is 0 Å². The molecule has 2 aromatic carbocycles. The number of amides is 1. The number of hydrogen-bond donors (Lipinski definition) is 1. The van der Waals surface area contributed by atoms with Crippen molar-refractivity contribution >= 4 is 16.9 Å². The van der Waals surface area contributed by atoms with Crippen LogP contribution in [-0.2, 0) is 17.9 Å². The first-order valence-corrected chi connectivity index (χ1v) is 11.8. The standard InChI is InChI=1S/C26H32N4O3/c1-20-9-11-21(12-10-20)19-30-23-8-4-3-7-22(23)29(25(32)26(30)33)17-13-24(31)27-14-18-28-15-5-2-6-16-28/h3-4,7-12H,2,5-6,13-19H2,1H3,(H,27,31). The van der Waals surface area contributed by atoms with Crippen molar-refractivity contribution in [1.82, 2.24) is 19.4 Å². The number of carbonyl (C=O) groups is 1. The van der Waals surface area contributed by atoms with Crippen LogP contribution in [-0.4, -0.2) is 46.1 Å². The number of nitrogens with zero attached hydrogens (tertiary/aromatic N) is 3. The number of benzene rings is 2. The second-order valence-corrected chi connectivity index (χ2v) is 8.82. The molecule has 174 valence electrons. The average molecular weight is 449 g/mol. The van der Waals surface area contributed by atoms with E-state index in [0.29, 0.717) is 24.1 Å². The second kappa shape index (κ2) is 10.6. The lowest BCUT2D eigenvalue weighted by molar-refractivity contribution is -0.121. The lowest BCUT2D eigenvalue weighted by atomic mass is 10.1. The molecular formula is C26H32N4O3. The summed E-state index contributed by atoms with van der Waals surface area (Å²) in [4.78, 5) is 40.7. The molecule has 1 aliphatic rings. The molecule has 0 radical (unpaired) electrons. The first-order valence-electron chi connectivity index (χ1n) is 11.8. The van der Waals surface area contributed by atoms with Gasteiger partial charge in [-0.3, -0.25) is 19.0 Å². The number of carbonyl (C=O) groups excluding carboxylic acids is 1. The molecule has 3 aromatic rings. The molecule has 0 aliphatic carbocycles. The summed E-state index contributed by atoms with van der Waals surface area (Å²) in [5.74, 6) is -0.105. The Balaban J connectivity index is 1.48. The summed E-state index contributed by atoms with van der Waals surface area (Å²) in [7, 11) is 0. The van der Waals surface area contributed by atoms with Crippen LogP contribution in [0.5, 0.6) is 0 Å². The summed E-state index contributed by atoms with van der Waals surface area (Å²) in [6.07, 6.45) is 3.89. The fourth-order valence-electron chi connectivity index (χ4n) is 4.46. The van der Waals surface area contributed by atoms with E-state index < -0.39 is 11.1 Å². The van der Waals surface area contributed by atoms with Gasteiger partial charge in [0.15, 0.2) is 0 Å². The van der Waals surface area contributed by atoms with Gasteiger partial charge >= 0.3 is 11.1 Å². The zero-order valence-corrected chi connectivity index (χ0v) is 19.3. The minimum atomic E-state index is -0.595. The molecule has 2 heterocycles. The smallest absolute Gasteiger partial charge is 0.317 e. The summed E-state index contributed by atoms with van der Waals surface area (Å²) in [6, 6.07) is 15.3. The molecule has 0 saturated carbocycles. The maximum absolute atomic E-state index is 13.0. The monoisotopic (exact) mass is 448 g/mol. The lowest BCUT2D eigenvalue weighted by Gasteiger charge is -2.26. The van der Waals surface area contributed by atoms with E-state index in [1.54, 1.807) is 0 Å². The van der Waals surface area contributed by atoms with Gasteiger partial charge in [-0.05, 0) is 50.6 Å². The third-order valence-electron chi connectivity index (χ3n) is 6.36. The zero-order chi connectivity index (χ0) is 23.2. The van der Waals surface area contributed by atoms with E-state index in [0.717, 1.165) is 30.8 Å². The molecule has 1 aromatic heterocycles. The fraction of sp³-hybridized carbons (Fsp3) is 0.423. The van der Waals surface area contributed by atoms with Gasteiger partial charge in [-0.2, -0.15) is 0 Å². The number of para-hydroxylation sites is 2. The summed E-state index contributed by atoms with van der Waals surface area (Å²) in [5, 5.41) is 2.95. The molecule has 7 heteroatoms. The van der Waals surface area contributed by atoms with Gasteiger partial charge in [-0.1, -0.05) is 48.4 Å². The number of likely N-dealkylation sites (tertiary alicyclic amines) is 1. The summed E-state index contributed by atoms with van der Waals surface area (Å²) < 4.78 is 2.96. The number of aromatic nitrogens is 2. The van der Waals surface area contributed by atoms with Crippen LogP contribution in [0.2, 0.25) is 0 Å². The van der Waals surface area contributed by atoms with Crippen molar-refractivity contribution in [2.45, 2.75) is 45.7 Å². The topological polar surface area (TPSA) is 76.3 Å². The number of piperidine rings is 1. The average Bonchev–Trinajstić information content (AvgIpc) is 2.84. The van der Waals surface area contributed by atoms with Gasteiger partial charge in [0.2, 0.25) is 5.91 Å². The summed E-state index contributed by atoms with van der Waals surface area (Å²) >= 11 is 0. The number of nitrogens with one attached hydrogen (secondary N) is 1. The molecule has 4 rings (SSSR count). The van der Waals surface area contributed by atoms with Crippen LogP contribution >= 0.6 is 0 Å². The first kappa shape index (κ1) is 23.0. The van der Waals surface area contributed by atoms with Gasteiger partial charge in [0.25, 0.3) is 0 Å². The molecule has 1 saturated heterocycles. The van der Waals surface area contributed by atoms with E-state index in [1.807, 2.05) is 55.5 Å². The van der Waals surface area contributed by atoms with Crippen LogP contribution in [0, 0.1) is 6.92 Å². The van der Waals surface area contributed by atoms with Gasteiger partial charge in [0, 0.05) is 26.1 Å². The van der Waals surface area contributed by atoms with Crippen molar-refractivity contribution in [1.29, 1.82) is 0 Å². The van der Waals surface area contributed by atoms with Gasteiger partial charge in [0.05, 0.1) is 17.6 Å². The van der Waals surface area contributed by atoms with Crippen molar-refractivity contribution in [3.63, 3.8) is 0 Å². The van der Waals surface area contributed by atoms with Crippen LogP contribution in [0.25, 0.3) is 11.0 Å². The van der Waals surface area contributed by atoms with Gasteiger partial charge in [-0.25, -0.2) is 0 Å². The predicted octanol–water partition coefficient (Wildman–Crippen LogP) is 2.51. The first-order chi connectivity index (χ1) is 16.0. The maximum Gasteiger partial charge on any atom is 0.317 e. The Morgan fingerprint density at radius 3 is 2.18 bits per heavy atom. The Kier molecular flexibility index (Phi) is 7.40. The molecule has 7 nitrogen and oxygen atoms in total. The highest BCUT2D eigenvalue weighted by Gasteiger charge is 2.15. The van der Waals surface area contributed by atoms with Crippen LogP contribution in [0.15, 0.2) is 58.1 Å². The second-order valence-electron chi connectivity index (χ2n) is 8.82. The predicted molar refractivity (Wildman–Crippen MR) is 131 cm³/mol. The van der Waals surface area contributed by atoms with Crippen molar-refractivity contribution in [2.24, 2.45) is 0 Å². The Bertz CT molecular complexity index is 1220. The van der Waals surface area contributed by atoms with Crippen molar-refractivity contribution in [3.8, 4) is 0 Å². The lowest BCUT2D eigenvalue weighted by Crippen LogP contribution is -2.42. The minimum Gasteiger partial charge on any atom is -0.355 e. The highest BCUT2D eigenvalue weighted by Crippen LogP contribution is 2.13. The molecule has 1 fully saturated rings. The third-order valence-corrected chi connectivity index (χ3v) is 6.36. The maximum atomic E-state index is 13.0. The van der Waals surface area contributed by atoms with E-state index in [2.05, 4.69) is 10.2 Å². The van der Waals surface area contributed by atoms with Crippen molar-refractivity contribution < 1.29 is 4.79 Å². The van der Waals surface area contributed by atoms with E-state index in [4.69, 9.17) is 0 Å². The molecule has 1 N–H and O–H groups in total. The van der Waals surface area contributed by atoms with E-state index in [1.165, 1.54) is 28.4 Å². The molecular weight excluding hydrogens is 416 g/mol. The molecule has 0 bridgehead atoms. The highest BCUT2D eigenvalue weighted by atomic mass is 16.2. The van der Waals surface area contributed by atoms with Crippen LogP contribution in [0.4, 0.5) is 0 Å². The minimum absolute atomic E-state index is 0.105. The van der Waals surface area contributed by atoms with Crippen LogP contribution < -0.4 is 16.4 Å². The van der Waals surface area contributed by atoms with Gasteiger partial charge in [0.1, 0.15) is 0 Å². The van der Waals surface area contributed by atoms with Gasteiger partial charge < -0.3 is 14.8 Å². The Labute approximate surface area is 193 Å². The fourth-order valence-corrected chi connectivity index (χ4v) is 4.46. The molecule has 33 heavy (non-hydrogen) atoms. The number of hydrogen-bond acceptors (Lipinski definition) is 4. The highest BCUT2D eigenvalue weighted by molar-refractivity contribution is 5.77. The molecule has 1 amide bonds. The molecule has 1 aliphatic heterocycles. The van der Waals surface area contributed by atoms with E-state index in [-0.39, 0.29) is 18.9 Å². The van der Waals surface area contributed by atoms with Crippen molar-refractivity contribution in [3.05, 3.63) is 80.4 Å². The van der Waals surface area contributed by atoms with Crippen LogP contribution in [0.1, 0.15) is 36.8 Å². The normalized spacial score (nSPS) is 14.5. The molecule has 0 unspecified atom stereocenters. The summed E-state index contributed by atoms with van der Waals surface area (Å²) in [5.41, 5.74) is 2.28. The quantitative estimate of drug-likeness (QED) is 0.538. The zero-order valence-electron chi connectivity index (χ0n) is 19.3. The molecule has 0 spiro atoms. The Hall–Kier alpha value is -3.19. The number of aryl methyl sites for hydroxylation is 2. The third kappa shape index (κ3) is 5.60. The largest absolute Gasteiger partial charge is 0.355 e. The number of fused-ring (bicyclic) bond motifs is 1. The number of rotatable bonds is 8.